The second-order valence-corrected chi connectivity index (χ2v) is 6.00. The molecule has 124 valence electrons. The van der Waals surface area contributed by atoms with Crippen molar-refractivity contribution in [1.82, 2.24) is 10.1 Å². The Balaban J connectivity index is 1.66. The number of hydrogen-bond donors (Lipinski definition) is 2. The quantitative estimate of drug-likeness (QED) is 0.718. The lowest BCUT2D eigenvalue weighted by molar-refractivity contribution is 0.282. The van der Waals surface area contributed by atoms with Gasteiger partial charge in [-0.25, -0.2) is 0 Å². The number of nitrogens with one attached hydrogen (secondary N) is 1. The van der Waals surface area contributed by atoms with Gasteiger partial charge in [0.1, 0.15) is 0 Å². The highest BCUT2D eigenvalue weighted by molar-refractivity contribution is 5.55. The van der Waals surface area contributed by atoms with Gasteiger partial charge in [0.05, 0.1) is 13.2 Å². The van der Waals surface area contributed by atoms with Gasteiger partial charge in [-0.1, -0.05) is 55.4 Å². The third-order valence-electron chi connectivity index (χ3n) is 3.86. The van der Waals surface area contributed by atoms with Crippen LogP contribution in [0.4, 0.5) is 5.69 Å². The minimum absolute atomic E-state index is 0.0204. The zero-order chi connectivity index (χ0) is 16.9. The number of benzene rings is 2. The SMILES string of the molecule is CC(C)c1ccc(-c2noc(CNc3cccc(CO)c3)n2)cc1. The Hall–Kier alpha value is -2.66. The average molecular weight is 323 g/mol. The summed E-state index contributed by atoms with van der Waals surface area (Å²) in [6.45, 7) is 4.79. The van der Waals surface area contributed by atoms with Crippen molar-refractivity contribution in [2.24, 2.45) is 0 Å². The van der Waals surface area contributed by atoms with Gasteiger partial charge in [-0.2, -0.15) is 4.98 Å². The monoisotopic (exact) mass is 323 g/mol. The first-order chi connectivity index (χ1) is 11.7. The molecule has 0 saturated heterocycles. The van der Waals surface area contributed by atoms with Gasteiger partial charge in [0.25, 0.3) is 0 Å². The summed E-state index contributed by atoms with van der Waals surface area (Å²) >= 11 is 0. The molecule has 1 aromatic heterocycles. The van der Waals surface area contributed by atoms with Crippen molar-refractivity contribution in [3.05, 3.63) is 65.5 Å². The molecule has 1 heterocycles. The number of aromatic nitrogens is 2. The Labute approximate surface area is 141 Å². The molecule has 3 rings (SSSR count). The Bertz CT molecular complexity index is 794. The van der Waals surface area contributed by atoms with Gasteiger partial charge in [-0.05, 0) is 29.2 Å². The van der Waals surface area contributed by atoms with Crippen LogP contribution in [-0.2, 0) is 13.2 Å². The molecule has 2 aromatic carbocycles. The lowest BCUT2D eigenvalue weighted by Crippen LogP contribution is -2.00. The number of nitrogens with zero attached hydrogens (tertiary/aromatic N) is 2. The standard InChI is InChI=1S/C19H21N3O2/c1-13(2)15-6-8-16(9-7-15)19-21-18(24-22-19)11-20-17-5-3-4-14(10-17)12-23/h3-10,13,20,23H,11-12H2,1-2H3. The van der Waals surface area contributed by atoms with E-state index in [9.17, 15) is 0 Å². The minimum atomic E-state index is 0.0204. The van der Waals surface area contributed by atoms with Crippen molar-refractivity contribution in [3.63, 3.8) is 0 Å². The van der Waals surface area contributed by atoms with E-state index in [0.29, 0.717) is 24.2 Å². The van der Waals surface area contributed by atoms with Crippen molar-refractivity contribution in [3.8, 4) is 11.4 Å². The first kappa shape index (κ1) is 16.2. The van der Waals surface area contributed by atoms with Gasteiger partial charge in [0, 0.05) is 11.3 Å². The van der Waals surface area contributed by atoms with Gasteiger partial charge in [0.15, 0.2) is 0 Å². The Morgan fingerprint density at radius 1 is 1.12 bits per heavy atom. The second kappa shape index (κ2) is 7.27. The van der Waals surface area contributed by atoms with Crippen LogP contribution in [0.2, 0.25) is 0 Å². The molecule has 0 fully saturated rings. The molecule has 0 spiro atoms. The summed E-state index contributed by atoms with van der Waals surface area (Å²) < 4.78 is 5.30. The summed E-state index contributed by atoms with van der Waals surface area (Å²) in [6, 6.07) is 15.8. The Morgan fingerprint density at radius 3 is 2.62 bits per heavy atom. The fraction of sp³-hybridized carbons (Fsp3) is 0.263. The molecular weight excluding hydrogens is 302 g/mol. The lowest BCUT2D eigenvalue weighted by atomic mass is 10.0. The molecule has 0 bridgehead atoms. The molecule has 0 aliphatic carbocycles. The Morgan fingerprint density at radius 2 is 1.92 bits per heavy atom. The molecule has 0 saturated carbocycles. The molecule has 0 amide bonds. The maximum Gasteiger partial charge on any atom is 0.246 e. The van der Waals surface area contributed by atoms with Crippen molar-refractivity contribution in [2.75, 3.05) is 5.32 Å². The molecule has 0 unspecified atom stereocenters. The van der Waals surface area contributed by atoms with Gasteiger partial charge < -0.3 is 14.9 Å². The predicted octanol–water partition coefficient (Wildman–Crippen LogP) is 3.96. The molecule has 0 aliphatic rings. The summed E-state index contributed by atoms with van der Waals surface area (Å²) in [6.07, 6.45) is 0. The van der Waals surface area contributed by atoms with Crippen molar-refractivity contribution >= 4 is 5.69 Å². The number of rotatable bonds is 6. The molecule has 24 heavy (non-hydrogen) atoms. The molecule has 0 aliphatic heterocycles. The molecule has 3 aromatic rings. The summed E-state index contributed by atoms with van der Waals surface area (Å²) in [5, 5.41) is 16.4. The first-order valence-electron chi connectivity index (χ1n) is 8.02. The normalized spacial score (nSPS) is 11.0. The summed E-state index contributed by atoms with van der Waals surface area (Å²) in [7, 11) is 0. The van der Waals surface area contributed by atoms with E-state index in [0.717, 1.165) is 16.8 Å². The van der Waals surface area contributed by atoms with Crippen LogP contribution in [0.25, 0.3) is 11.4 Å². The highest BCUT2D eigenvalue weighted by atomic mass is 16.5. The van der Waals surface area contributed by atoms with E-state index < -0.39 is 0 Å². The molecule has 0 radical (unpaired) electrons. The fourth-order valence-electron chi connectivity index (χ4n) is 2.42. The predicted molar refractivity (Wildman–Crippen MR) is 93.5 cm³/mol. The van der Waals surface area contributed by atoms with Crippen LogP contribution >= 0.6 is 0 Å². The summed E-state index contributed by atoms with van der Waals surface area (Å²) in [5.41, 5.74) is 3.99. The van der Waals surface area contributed by atoms with Gasteiger partial charge in [0.2, 0.25) is 11.7 Å². The molecule has 5 nitrogen and oxygen atoms in total. The van der Waals surface area contributed by atoms with Crippen LogP contribution in [0.15, 0.2) is 53.1 Å². The van der Waals surface area contributed by atoms with Crippen LogP contribution in [0.1, 0.15) is 36.8 Å². The van der Waals surface area contributed by atoms with E-state index in [4.69, 9.17) is 9.63 Å². The van der Waals surface area contributed by atoms with Crippen LogP contribution in [-0.4, -0.2) is 15.2 Å². The van der Waals surface area contributed by atoms with E-state index in [-0.39, 0.29) is 6.61 Å². The van der Waals surface area contributed by atoms with E-state index in [1.807, 2.05) is 36.4 Å². The molecule has 0 atom stereocenters. The van der Waals surface area contributed by atoms with E-state index >= 15 is 0 Å². The zero-order valence-corrected chi connectivity index (χ0v) is 13.9. The zero-order valence-electron chi connectivity index (χ0n) is 13.9. The highest BCUT2D eigenvalue weighted by Gasteiger charge is 2.09. The highest BCUT2D eigenvalue weighted by Crippen LogP contribution is 2.21. The van der Waals surface area contributed by atoms with Crippen molar-refractivity contribution < 1.29 is 9.63 Å². The smallest absolute Gasteiger partial charge is 0.246 e. The van der Waals surface area contributed by atoms with Gasteiger partial charge >= 0.3 is 0 Å². The molecular formula is C19H21N3O2. The fourth-order valence-corrected chi connectivity index (χ4v) is 2.42. The summed E-state index contributed by atoms with van der Waals surface area (Å²) in [4.78, 5) is 4.42. The minimum Gasteiger partial charge on any atom is -0.392 e. The Kier molecular flexibility index (Phi) is 4.91. The third-order valence-corrected chi connectivity index (χ3v) is 3.86. The lowest BCUT2D eigenvalue weighted by Gasteiger charge is -2.05. The van der Waals surface area contributed by atoms with Crippen LogP contribution in [0.5, 0.6) is 0 Å². The number of aliphatic hydroxyl groups excluding tert-OH is 1. The van der Waals surface area contributed by atoms with Crippen molar-refractivity contribution in [2.45, 2.75) is 32.9 Å². The second-order valence-electron chi connectivity index (χ2n) is 6.00. The third kappa shape index (κ3) is 3.81. The van der Waals surface area contributed by atoms with E-state index in [2.05, 4.69) is 41.4 Å². The average Bonchev–Trinajstić information content (AvgIpc) is 3.09. The maximum absolute atomic E-state index is 9.16. The van der Waals surface area contributed by atoms with Gasteiger partial charge in [-0.3, -0.25) is 0 Å². The maximum atomic E-state index is 9.16. The van der Waals surface area contributed by atoms with Crippen LogP contribution in [0, 0.1) is 0 Å². The molecule has 5 heteroatoms. The summed E-state index contributed by atoms with van der Waals surface area (Å²) in [5.74, 6) is 1.61. The topological polar surface area (TPSA) is 71.2 Å². The van der Waals surface area contributed by atoms with Crippen LogP contribution < -0.4 is 5.32 Å². The molecule has 2 N–H and O–H groups in total. The number of anilines is 1. The number of hydrogen-bond acceptors (Lipinski definition) is 5. The number of aliphatic hydroxyl groups is 1. The van der Waals surface area contributed by atoms with E-state index in [1.165, 1.54) is 5.56 Å². The van der Waals surface area contributed by atoms with E-state index in [1.54, 1.807) is 0 Å². The van der Waals surface area contributed by atoms with Crippen LogP contribution in [0.3, 0.4) is 0 Å². The first-order valence-corrected chi connectivity index (χ1v) is 8.02. The van der Waals surface area contributed by atoms with Crippen molar-refractivity contribution in [1.29, 1.82) is 0 Å². The largest absolute Gasteiger partial charge is 0.392 e. The van der Waals surface area contributed by atoms with Gasteiger partial charge in [-0.15, -0.1) is 0 Å².